The summed E-state index contributed by atoms with van der Waals surface area (Å²) in [6, 6.07) is 0. The minimum absolute atomic E-state index is 0.191. The van der Waals surface area contributed by atoms with Gasteiger partial charge in [-0.05, 0) is 38.6 Å². The van der Waals surface area contributed by atoms with Gasteiger partial charge in [0.25, 0.3) is 0 Å². The smallest absolute Gasteiger partial charge is 0.191 e. The van der Waals surface area contributed by atoms with Crippen LogP contribution in [-0.4, -0.2) is 75.1 Å². The maximum atomic E-state index is 9.45. The quantitative estimate of drug-likeness (QED) is 0.480. The van der Waals surface area contributed by atoms with Crippen molar-refractivity contribution in [1.82, 2.24) is 15.5 Å². The Labute approximate surface area is 147 Å². The zero-order chi connectivity index (χ0) is 17.3. The molecule has 1 heterocycles. The Kier molecular flexibility index (Phi) is 8.29. The van der Waals surface area contributed by atoms with Gasteiger partial charge in [-0.2, -0.15) is 0 Å². The van der Waals surface area contributed by atoms with Gasteiger partial charge in [0.05, 0.1) is 12.7 Å². The van der Waals surface area contributed by atoms with E-state index in [0.29, 0.717) is 0 Å². The number of aliphatic hydroxyl groups excluding tert-OH is 1. The first-order valence-electron chi connectivity index (χ1n) is 9.61. The van der Waals surface area contributed by atoms with Gasteiger partial charge in [-0.1, -0.05) is 19.3 Å². The zero-order valence-electron chi connectivity index (χ0n) is 15.5. The van der Waals surface area contributed by atoms with Crippen molar-refractivity contribution in [3.05, 3.63) is 0 Å². The molecule has 6 nitrogen and oxygen atoms in total. The summed E-state index contributed by atoms with van der Waals surface area (Å²) in [6.07, 6.45) is 7.31. The van der Waals surface area contributed by atoms with Gasteiger partial charge in [0.15, 0.2) is 5.96 Å². The highest BCUT2D eigenvalue weighted by atomic mass is 16.5. The molecule has 0 aromatic rings. The second-order valence-electron chi connectivity index (χ2n) is 7.37. The lowest BCUT2D eigenvalue weighted by Crippen LogP contribution is -2.48. The number of aliphatic hydroxyl groups is 1. The van der Waals surface area contributed by atoms with E-state index >= 15 is 0 Å². The van der Waals surface area contributed by atoms with Gasteiger partial charge in [-0.25, -0.2) is 0 Å². The standard InChI is InChI=1S/C18H36N4O2/c1-3-19-17(20-13-16-14-22(2)10-12-24-16)21-15-18(9-11-23)7-5-4-6-8-18/h16,23H,3-15H2,1-2H3,(H2,19,20,21). The van der Waals surface area contributed by atoms with Crippen LogP contribution in [0.15, 0.2) is 4.99 Å². The fourth-order valence-electron chi connectivity index (χ4n) is 3.82. The highest BCUT2D eigenvalue weighted by molar-refractivity contribution is 5.79. The fourth-order valence-corrected chi connectivity index (χ4v) is 3.82. The Bertz CT molecular complexity index is 378. The van der Waals surface area contributed by atoms with E-state index in [0.717, 1.165) is 51.7 Å². The molecule has 1 saturated carbocycles. The molecule has 3 N–H and O–H groups in total. The maximum absolute atomic E-state index is 9.45. The van der Waals surface area contributed by atoms with Gasteiger partial charge in [0.2, 0.25) is 0 Å². The van der Waals surface area contributed by atoms with Crippen LogP contribution in [0.2, 0.25) is 0 Å². The number of hydrogen-bond acceptors (Lipinski definition) is 4. The summed E-state index contributed by atoms with van der Waals surface area (Å²) in [5.74, 6) is 0.872. The normalized spacial score (nSPS) is 25.5. The van der Waals surface area contributed by atoms with Crippen LogP contribution in [0, 0.1) is 5.41 Å². The van der Waals surface area contributed by atoms with Crippen LogP contribution in [-0.2, 0) is 4.74 Å². The fraction of sp³-hybridized carbons (Fsp3) is 0.944. The van der Waals surface area contributed by atoms with Crippen LogP contribution >= 0.6 is 0 Å². The number of rotatable bonds is 7. The van der Waals surface area contributed by atoms with Gasteiger partial charge in [0, 0.05) is 39.3 Å². The SMILES string of the molecule is CCNC(=NCC1(CCO)CCCCC1)NCC1CN(C)CCO1. The van der Waals surface area contributed by atoms with Crippen molar-refractivity contribution in [3.8, 4) is 0 Å². The van der Waals surface area contributed by atoms with Crippen molar-refractivity contribution in [2.75, 3.05) is 53.0 Å². The molecule has 0 spiro atoms. The van der Waals surface area contributed by atoms with Crippen LogP contribution in [0.4, 0.5) is 0 Å². The lowest BCUT2D eigenvalue weighted by atomic mass is 9.72. The molecule has 1 unspecified atom stereocenters. The molecule has 24 heavy (non-hydrogen) atoms. The average molecular weight is 341 g/mol. The van der Waals surface area contributed by atoms with Crippen molar-refractivity contribution in [1.29, 1.82) is 0 Å². The minimum atomic E-state index is 0.191. The number of nitrogens with zero attached hydrogens (tertiary/aromatic N) is 2. The summed E-state index contributed by atoms with van der Waals surface area (Å²) in [5, 5.41) is 16.2. The summed E-state index contributed by atoms with van der Waals surface area (Å²) >= 11 is 0. The number of ether oxygens (including phenoxy) is 1. The molecular weight excluding hydrogens is 304 g/mol. The second kappa shape index (κ2) is 10.2. The summed E-state index contributed by atoms with van der Waals surface area (Å²) in [6.45, 7) is 7.56. The molecule has 1 saturated heterocycles. The molecule has 2 fully saturated rings. The largest absolute Gasteiger partial charge is 0.396 e. The number of guanidine groups is 1. The first-order valence-corrected chi connectivity index (χ1v) is 9.61. The topological polar surface area (TPSA) is 69.1 Å². The minimum Gasteiger partial charge on any atom is -0.396 e. The zero-order valence-corrected chi connectivity index (χ0v) is 15.5. The van der Waals surface area contributed by atoms with Crippen molar-refractivity contribution >= 4 is 5.96 Å². The summed E-state index contributed by atoms with van der Waals surface area (Å²) in [5.41, 5.74) is 0.191. The van der Waals surface area contributed by atoms with E-state index in [4.69, 9.17) is 9.73 Å². The van der Waals surface area contributed by atoms with Crippen LogP contribution in [0.25, 0.3) is 0 Å². The summed E-state index contributed by atoms with van der Waals surface area (Å²) < 4.78 is 5.81. The molecule has 0 aromatic heterocycles. The number of likely N-dealkylation sites (N-methyl/N-ethyl adjacent to an activating group) is 1. The molecular formula is C18H36N4O2. The first kappa shape index (κ1) is 19.5. The number of hydrogen-bond donors (Lipinski definition) is 3. The number of nitrogens with one attached hydrogen (secondary N) is 2. The van der Waals surface area contributed by atoms with Crippen molar-refractivity contribution in [2.24, 2.45) is 10.4 Å². The highest BCUT2D eigenvalue weighted by Gasteiger charge is 2.31. The Hall–Kier alpha value is -0.850. The lowest BCUT2D eigenvalue weighted by molar-refractivity contribution is -0.0161. The van der Waals surface area contributed by atoms with Crippen LogP contribution in [0.1, 0.15) is 45.4 Å². The maximum Gasteiger partial charge on any atom is 0.191 e. The molecule has 0 aromatic carbocycles. The van der Waals surface area contributed by atoms with Gasteiger partial charge >= 0.3 is 0 Å². The van der Waals surface area contributed by atoms with E-state index in [1.165, 1.54) is 32.1 Å². The van der Waals surface area contributed by atoms with Gasteiger partial charge in [0.1, 0.15) is 0 Å². The summed E-state index contributed by atoms with van der Waals surface area (Å²) in [4.78, 5) is 7.15. The van der Waals surface area contributed by atoms with Gasteiger partial charge in [-0.15, -0.1) is 0 Å². The van der Waals surface area contributed by atoms with Gasteiger partial charge in [-0.3, -0.25) is 4.99 Å². The Morgan fingerprint density at radius 3 is 2.75 bits per heavy atom. The van der Waals surface area contributed by atoms with E-state index in [1.807, 2.05) is 0 Å². The van der Waals surface area contributed by atoms with E-state index in [2.05, 4.69) is 29.5 Å². The Morgan fingerprint density at radius 2 is 2.08 bits per heavy atom. The van der Waals surface area contributed by atoms with E-state index in [9.17, 15) is 5.11 Å². The molecule has 1 aliphatic heterocycles. The van der Waals surface area contributed by atoms with E-state index in [1.54, 1.807) is 0 Å². The van der Waals surface area contributed by atoms with Crippen molar-refractivity contribution < 1.29 is 9.84 Å². The molecule has 2 aliphatic rings. The monoisotopic (exact) mass is 340 g/mol. The molecule has 1 aliphatic carbocycles. The first-order chi connectivity index (χ1) is 11.7. The number of morpholine rings is 1. The molecule has 0 amide bonds. The molecule has 1 atom stereocenters. The third-order valence-electron chi connectivity index (χ3n) is 5.31. The number of aliphatic imine (C=N–C) groups is 1. The molecule has 2 rings (SSSR count). The van der Waals surface area contributed by atoms with Gasteiger partial charge < -0.3 is 25.4 Å². The second-order valence-corrected chi connectivity index (χ2v) is 7.37. The third-order valence-corrected chi connectivity index (χ3v) is 5.31. The van der Waals surface area contributed by atoms with Crippen molar-refractivity contribution in [3.63, 3.8) is 0 Å². The van der Waals surface area contributed by atoms with Crippen LogP contribution < -0.4 is 10.6 Å². The third kappa shape index (κ3) is 6.22. The van der Waals surface area contributed by atoms with Crippen molar-refractivity contribution in [2.45, 2.75) is 51.6 Å². The molecule has 0 radical (unpaired) electrons. The van der Waals surface area contributed by atoms with E-state index in [-0.39, 0.29) is 18.1 Å². The van der Waals surface area contributed by atoms with Crippen LogP contribution in [0.3, 0.4) is 0 Å². The predicted molar refractivity (Wildman–Crippen MR) is 98.4 cm³/mol. The molecule has 0 bridgehead atoms. The predicted octanol–water partition coefficient (Wildman–Crippen LogP) is 1.21. The van der Waals surface area contributed by atoms with E-state index < -0.39 is 0 Å². The van der Waals surface area contributed by atoms with Crippen LogP contribution in [0.5, 0.6) is 0 Å². The highest BCUT2D eigenvalue weighted by Crippen LogP contribution is 2.39. The molecule has 6 heteroatoms. The molecule has 140 valence electrons. The average Bonchev–Trinajstić information content (AvgIpc) is 2.59. The lowest BCUT2D eigenvalue weighted by Gasteiger charge is -2.36. The Balaban J connectivity index is 1.88. The Morgan fingerprint density at radius 1 is 1.29 bits per heavy atom. The summed E-state index contributed by atoms with van der Waals surface area (Å²) in [7, 11) is 2.14.